The molecule has 0 nitrogen and oxygen atoms in total. The van der Waals surface area contributed by atoms with Crippen LogP contribution in [0.4, 0.5) is 0 Å². The highest BCUT2D eigenvalue weighted by Gasteiger charge is 2.21. The van der Waals surface area contributed by atoms with Gasteiger partial charge in [-0.05, 0) is 37.8 Å². The van der Waals surface area contributed by atoms with E-state index in [1.807, 2.05) is 6.55 Å². The smallest absolute Gasteiger partial charge is 0.146 e. The standard InChI is InChI=1S/C10H19Cl2Si/c1-13(11,12)9-5-8-10-6-3-2-4-7-10/h2-9H2,1H3. The van der Waals surface area contributed by atoms with Crippen molar-refractivity contribution >= 4 is 28.9 Å². The van der Waals surface area contributed by atoms with Crippen LogP contribution in [-0.2, 0) is 0 Å². The summed E-state index contributed by atoms with van der Waals surface area (Å²) >= 11 is 12.1. The van der Waals surface area contributed by atoms with Crippen LogP contribution in [0.2, 0.25) is 12.6 Å². The van der Waals surface area contributed by atoms with Gasteiger partial charge in [0.2, 0.25) is 6.69 Å². The number of hydrogen-bond donors (Lipinski definition) is 0. The summed E-state index contributed by atoms with van der Waals surface area (Å²) in [6.45, 7) is 0.205. The summed E-state index contributed by atoms with van der Waals surface area (Å²) in [7, 11) is 0. The van der Waals surface area contributed by atoms with E-state index in [4.69, 9.17) is 22.2 Å². The Morgan fingerprint density at radius 2 is 1.77 bits per heavy atom. The Morgan fingerprint density at radius 1 is 1.15 bits per heavy atom. The molecule has 0 aliphatic heterocycles. The highest BCUT2D eigenvalue weighted by Crippen LogP contribution is 2.31. The Balaban J connectivity index is 2.04. The summed E-state index contributed by atoms with van der Waals surface area (Å²) in [5.74, 6) is 1.76. The molecular formula is C10H19Cl2Si. The molecule has 0 atom stereocenters. The van der Waals surface area contributed by atoms with Gasteiger partial charge in [0.25, 0.3) is 0 Å². The minimum atomic E-state index is -1.81. The van der Waals surface area contributed by atoms with Crippen molar-refractivity contribution in [1.29, 1.82) is 0 Å². The predicted molar refractivity (Wildman–Crippen MR) is 63.7 cm³/mol. The van der Waals surface area contributed by atoms with Crippen molar-refractivity contribution in [3.05, 3.63) is 5.92 Å². The summed E-state index contributed by atoms with van der Waals surface area (Å²) < 4.78 is 0. The first-order valence-corrected chi connectivity index (χ1v) is 10.0. The van der Waals surface area contributed by atoms with E-state index in [0.29, 0.717) is 0 Å². The van der Waals surface area contributed by atoms with Gasteiger partial charge in [0.05, 0.1) is 0 Å². The van der Waals surface area contributed by atoms with Crippen molar-refractivity contribution in [2.45, 2.75) is 57.5 Å². The predicted octanol–water partition coefficient (Wildman–Crippen LogP) is 4.85. The zero-order valence-corrected chi connectivity index (χ0v) is 10.9. The molecule has 1 radical (unpaired) electrons. The van der Waals surface area contributed by atoms with Crippen molar-refractivity contribution in [1.82, 2.24) is 0 Å². The Labute approximate surface area is 92.4 Å². The van der Waals surface area contributed by atoms with Gasteiger partial charge in [0.15, 0.2) is 0 Å². The van der Waals surface area contributed by atoms with Crippen LogP contribution in [0.5, 0.6) is 0 Å². The SMILES string of the molecule is C[Si](Cl)(Cl)CCC[C]1CCCCC1. The summed E-state index contributed by atoms with van der Waals surface area (Å²) in [6.07, 6.45) is 9.47. The van der Waals surface area contributed by atoms with E-state index in [-0.39, 0.29) is 0 Å². The highest BCUT2D eigenvalue weighted by atomic mass is 35.7. The van der Waals surface area contributed by atoms with Gasteiger partial charge in [0.1, 0.15) is 0 Å². The van der Waals surface area contributed by atoms with Crippen molar-refractivity contribution < 1.29 is 0 Å². The molecule has 0 aromatic heterocycles. The van der Waals surface area contributed by atoms with Crippen molar-refractivity contribution in [3.63, 3.8) is 0 Å². The quantitative estimate of drug-likeness (QED) is 0.485. The van der Waals surface area contributed by atoms with Gasteiger partial charge in [-0.2, -0.15) is 0 Å². The lowest BCUT2D eigenvalue weighted by molar-refractivity contribution is 0.502. The fourth-order valence-electron chi connectivity index (χ4n) is 1.95. The van der Waals surface area contributed by atoms with Crippen LogP contribution in [0.3, 0.4) is 0 Å². The molecule has 0 spiro atoms. The molecular weight excluding hydrogens is 219 g/mol. The molecule has 0 saturated heterocycles. The van der Waals surface area contributed by atoms with Crippen molar-refractivity contribution in [2.24, 2.45) is 0 Å². The van der Waals surface area contributed by atoms with Crippen LogP contribution in [0, 0.1) is 5.92 Å². The van der Waals surface area contributed by atoms with Gasteiger partial charge < -0.3 is 0 Å². The van der Waals surface area contributed by atoms with Crippen LogP contribution < -0.4 is 0 Å². The molecule has 77 valence electrons. The minimum Gasteiger partial charge on any atom is -0.146 e. The third-order valence-electron chi connectivity index (χ3n) is 2.71. The summed E-state index contributed by atoms with van der Waals surface area (Å²) in [5, 5.41) is 0. The molecule has 1 aliphatic carbocycles. The zero-order chi connectivity index (χ0) is 9.73. The van der Waals surface area contributed by atoms with Gasteiger partial charge in [-0.1, -0.05) is 25.7 Å². The Hall–Kier alpha value is 0.797. The Kier molecular flexibility index (Phi) is 5.13. The summed E-state index contributed by atoms with van der Waals surface area (Å²) in [6, 6.07) is 1.06. The second-order valence-corrected chi connectivity index (χ2v) is 12.5. The van der Waals surface area contributed by atoms with E-state index in [1.54, 1.807) is 5.92 Å². The molecule has 0 N–H and O–H groups in total. The molecule has 3 heteroatoms. The summed E-state index contributed by atoms with van der Waals surface area (Å²) in [5.41, 5.74) is 0. The largest absolute Gasteiger partial charge is 0.248 e. The molecule has 1 rings (SSSR count). The lowest BCUT2D eigenvalue weighted by Crippen LogP contribution is -2.13. The third-order valence-corrected chi connectivity index (χ3v) is 5.07. The molecule has 1 saturated carbocycles. The number of halogens is 2. The Bertz CT molecular complexity index is 136. The first-order valence-electron chi connectivity index (χ1n) is 5.29. The van der Waals surface area contributed by atoms with Crippen LogP contribution in [0.25, 0.3) is 0 Å². The van der Waals surface area contributed by atoms with Gasteiger partial charge in [-0.15, -0.1) is 22.2 Å². The third kappa shape index (κ3) is 5.98. The van der Waals surface area contributed by atoms with Gasteiger partial charge in [-0.25, -0.2) is 0 Å². The van der Waals surface area contributed by atoms with Crippen LogP contribution in [0.1, 0.15) is 44.9 Å². The van der Waals surface area contributed by atoms with Crippen LogP contribution in [-0.4, -0.2) is 6.69 Å². The number of rotatable bonds is 4. The molecule has 0 aromatic carbocycles. The lowest BCUT2D eigenvalue weighted by atomic mass is 9.86. The fourth-order valence-corrected chi connectivity index (χ4v) is 3.55. The van der Waals surface area contributed by atoms with E-state index in [1.165, 1.54) is 44.9 Å². The summed E-state index contributed by atoms with van der Waals surface area (Å²) in [4.78, 5) is 0. The van der Waals surface area contributed by atoms with Crippen molar-refractivity contribution in [3.8, 4) is 0 Å². The monoisotopic (exact) mass is 237 g/mol. The van der Waals surface area contributed by atoms with Crippen LogP contribution in [0.15, 0.2) is 0 Å². The van der Waals surface area contributed by atoms with E-state index in [0.717, 1.165) is 6.04 Å². The molecule has 1 fully saturated rings. The van der Waals surface area contributed by atoms with Crippen LogP contribution >= 0.6 is 22.2 Å². The molecule has 1 aliphatic rings. The highest BCUT2D eigenvalue weighted by molar-refractivity contribution is 7.44. The first kappa shape index (κ1) is 11.9. The first-order chi connectivity index (χ1) is 6.08. The molecule has 0 aromatic rings. The van der Waals surface area contributed by atoms with E-state index < -0.39 is 6.69 Å². The normalized spacial score (nSPS) is 20.5. The van der Waals surface area contributed by atoms with Gasteiger partial charge >= 0.3 is 0 Å². The molecule has 0 unspecified atom stereocenters. The number of hydrogen-bond acceptors (Lipinski definition) is 0. The zero-order valence-electron chi connectivity index (χ0n) is 8.41. The molecule has 0 heterocycles. The van der Waals surface area contributed by atoms with E-state index in [2.05, 4.69) is 0 Å². The van der Waals surface area contributed by atoms with Gasteiger partial charge in [0, 0.05) is 0 Å². The minimum absolute atomic E-state index is 1.06. The second kappa shape index (κ2) is 5.62. The topological polar surface area (TPSA) is 0 Å². The van der Waals surface area contributed by atoms with E-state index in [9.17, 15) is 0 Å². The van der Waals surface area contributed by atoms with Crippen molar-refractivity contribution in [2.75, 3.05) is 0 Å². The van der Waals surface area contributed by atoms with E-state index >= 15 is 0 Å². The maximum absolute atomic E-state index is 6.05. The molecule has 13 heavy (non-hydrogen) atoms. The fraction of sp³-hybridized carbons (Fsp3) is 0.900. The second-order valence-electron chi connectivity index (χ2n) is 4.23. The Morgan fingerprint density at radius 3 is 2.31 bits per heavy atom. The maximum atomic E-state index is 6.05. The molecule has 0 amide bonds. The average molecular weight is 238 g/mol. The maximum Gasteiger partial charge on any atom is 0.248 e. The average Bonchev–Trinajstić information content (AvgIpc) is 2.04. The molecule has 0 bridgehead atoms. The van der Waals surface area contributed by atoms with Gasteiger partial charge in [-0.3, -0.25) is 0 Å². The lowest BCUT2D eigenvalue weighted by Gasteiger charge is -2.21.